The molecule has 11 heavy (non-hydrogen) atoms. The van der Waals surface area contributed by atoms with Crippen LogP contribution in [0.5, 0.6) is 0 Å². The Hall–Kier alpha value is -0.940. The predicted octanol–water partition coefficient (Wildman–Crippen LogP) is -2.02. The van der Waals surface area contributed by atoms with Gasteiger partial charge in [0, 0.05) is 6.54 Å². The van der Waals surface area contributed by atoms with Crippen molar-refractivity contribution in [1.29, 1.82) is 0 Å². The lowest BCUT2D eigenvalue weighted by Gasteiger charge is -2.11. The number of amides is 1. The van der Waals surface area contributed by atoms with E-state index in [2.05, 4.69) is 5.32 Å². The molecule has 5 heteroatoms. The molecule has 0 saturated carbocycles. The molecule has 0 rings (SSSR count). The Balaban J connectivity index is 3.76. The van der Waals surface area contributed by atoms with E-state index in [4.69, 9.17) is 11.5 Å². The van der Waals surface area contributed by atoms with Crippen molar-refractivity contribution in [2.45, 2.75) is 19.0 Å². The summed E-state index contributed by atoms with van der Waals surface area (Å²) in [6.45, 7) is 1.64. The van der Waals surface area contributed by atoms with Gasteiger partial charge in [0.1, 0.15) is 6.29 Å². The van der Waals surface area contributed by atoms with Gasteiger partial charge < -0.3 is 21.6 Å². The van der Waals surface area contributed by atoms with Crippen LogP contribution in [-0.2, 0) is 9.59 Å². The van der Waals surface area contributed by atoms with E-state index < -0.39 is 18.0 Å². The molecule has 5 N–H and O–H groups in total. The minimum atomic E-state index is -0.725. The van der Waals surface area contributed by atoms with E-state index in [0.717, 1.165) is 0 Å². The number of nitrogens with two attached hydrogens (primary N) is 2. The number of hydrogen-bond acceptors (Lipinski definition) is 4. The van der Waals surface area contributed by atoms with Gasteiger partial charge in [-0.25, -0.2) is 0 Å². The van der Waals surface area contributed by atoms with E-state index in [9.17, 15) is 9.59 Å². The molecule has 0 unspecified atom stereocenters. The SMILES string of the molecule is C[C@@H](C=O)NC(=O)[C@@H](N)CN. The van der Waals surface area contributed by atoms with Gasteiger partial charge >= 0.3 is 0 Å². The molecule has 0 aromatic carbocycles. The monoisotopic (exact) mass is 159 g/mol. The third-order valence-electron chi connectivity index (χ3n) is 1.16. The summed E-state index contributed by atoms with van der Waals surface area (Å²) >= 11 is 0. The van der Waals surface area contributed by atoms with E-state index in [1.54, 1.807) is 6.92 Å². The Morgan fingerprint density at radius 2 is 2.27 bits per heavy atom. The van der Waals surface area contributed by atoms with Crippen molar-refractivity contribution in [3.05, 3.63) is 0 Å². The molecule has 0 aliphatic rings. The zero-order valence-corrected chi connectivity index (χ0v) is 6.41. The molecule has 0 spiro atoms. The number of carbonyl (C=O) groups is 2. The standard InChI is InChI=1S/C6H13N3O2/c1-4(3-10)9-6(11)5(8)2-7/h3-5H,2,7-8H2,1H3,(H,9,11)/t4-,5-/m0/s1. The van der Waals surface area contributed by atoms with Gasteiger partial charge in [-0.1, -0.05) is 0 Å². The molecule has 64 valence electrons. The molecule has 0 heterocycles. The summed E-state index contributed by atoms with van der Waals surface area (Å²) in [5, 5.41) is 2.37. The zero-order valence-electron chi connectivity index (χ0n) is 6.41. The maximum atomic E-state index is 10.9. The molecule has 0 bridgehead atoms. The predicted molar refractivity (Wildman–Crippen MR) is 40.7 cm³/mol. The second-order valence-electron chi connectivity index (χ2n) is 2.28. The first-order valence-electron chi connectivity index (χ1n) is 3.33. The smallest absolute Gasteiger partial charge is 0.238 e. The van der Waals surface area contributed by atoms with Crippen LogP contribution in [-0.4, -0.2) is 30.8 Å². The second kappa shape index (κ2) is 4.81. The second-order valence-corrected chi connectivity index (χ2v) is 2.28. The van der Waals surface area contributed by atoms with Crippen LogP contribution in [0, 0.1) is 0 Å². The molecular formula is C6H13N3O2. The van der Waals surface area contributed by atoms with Gasteiger partial charge in [-0.15, -0.1) is 0 Å². The van der Waals surface area contributed by atoms with Crippen LogP contribution in [0.4, 0.5) is 0 Å². The average molecular weight is 159 g/mol. The van der Waals surface area contributed by atoms with Crippen molar-refractivity contribution in [3.8, 4) is 0 Å². The summed E-state index contributed by atoms with van der Waals surface area (Å²) in [7, 11) is 0. The fraction of sp³-hybridized carbons (Fsp3) is 0.667. The van der Waals surface area contributed by atoms with Crippen molar-refractivity contribution in [1.82, 2.24) is 5.32 Å². The molecule has 0 aromatic heterocycles. The highest BCUT2D eigenvalue weighted by molar-refractivity contribution is 5.84. The number of rotatable bonds is 4. The molecule has 1 amide bonds. The highest BCUT2D eigenvalue weighted by Gasteiger charge is 2.12. The first kappa shape index (κ1) is 10.1. The van der Waals surface area contributed by atoms with Crippen LogP contribution in [0.1, 0.15) is 6.92 Å². The molecule has 5 nitrogen and oxygen atoms in total. The molecule has 0 radical (unpaired) electrons. The van der Waals surface area contributed by atoms with Gasteiger partial charge in [-0.05, 0) is 6.92 Å². The lowest BCUT2D eigenvalue weighted by atomic mass is 10.2. The van der Waals surface area contributed by atoms with E-state index in [-0.39, 0.29) is 6.54 Å². The number of hydrogen-bond donors (Lipinski definition) is 3. The van der Waals surface area contributed by atoms with Crippen molar-refractivity contribution < 1.29 is 9.59 Å². The molecule has 0 aromatic rings. The summed E-state index contributed by atoms with van der Waals surface area (Å²) in [6.07, 6.45) is 0.626. The van der Waals surface area contributed by atoms with E-state index in [1.165, 1.54) is 0 Å². The van der Waals surface area contributed by atoms with Crippen LogP contribution >= 0.6 is 0 Å². The van der Waals surface area contributed by atoms with Gasteiger partial charge in [0.2, 0.25) is 5.91 Å². The summed E-state index contributed by atoms with van der Waals surface area (Å²) in [4.78, 5) is 20.9. The van der Waals surface area contributed by atoms with Crippen molar-refractivity contribution in [2.24, 2.45) is 11.5 Å². The lowest BCUT2D eigenvalue weighted by Crippen LogP contribution is -2.48. The van der Waals surface area contributed by atoms with Crippen LogP contribution < -0.4 is 16.8 Å². The first-order valence-corrected chi connectivity index (χ1v) is 3.33. The number of aldehydes is 1. The number of carbonyl (C=O) groups excluding carboxylic acids is 2. The fourth-order valence-corrected chi connectivity index (χ4v) is 0.472. The van der Waals surface area contributed by atoms with Crippen LogP contribution in [0.15, 0.2) is 0 Å². The molecule has 2 atom stereocenters. The quantitative estimate of drug-likeness (QED) is 0.412. The maximum Gasteiger partial charge on any atom is 0.238 e. The minimum Gasteiger partial charge on any atom is -0.345 e. The van der Waals surface area contributed by atoms with Gasteiger partial charge in [-0.3, -0.25) is 4.79 Å². The lowest BCUT2D eigenvalue weighted by molar-refractivity contribution is -0.124. The Kier molecular flexibility index (Phi) is 4.40. The van der Waals surface area contributed by atoms with Crippen molar-refractivity contribution in [3.63, 3.8) is 0 Å². The van der Waals surface area contributed by atoms with E-state index >= 15 is 0 Å². The Labute approximate surface area is 65.1 Å². The van der Waals surface area contributed by atoms with Crippen molar-refractivity contribution in [2.75, 3.05) is 6.54 Å². The van der Waals surface area contributed by atoms with Crippen LogP contribution in [0.2, 0.25) is 0 Å². The van der Waals surface area contributed by atoms with Crippen molar-refractivity contribution >= 4 is 12.2 Å². The summed E-state index contributed by atoms with van der Waals surface area (Å²) < 4.78 is 0. The maximum absolute atomic E-state index is 10.9. The molecular weight excluding hydrogens is 146 g/mol. The average Bonchev–Trinajstić information content (AvgIpc) is 2.02. The largest absolute Gasteiger partial charge is 0.345 e. The normalized spacial score (nSPS) is 15.2. The highest BCUT2D eigenvalue weighted by Crippen LogP contribution is 1.78. The van der Waals surface area contributed by atoms with Gasteiger partial charge in [0.25, 0.3) is 0 Å². The molecule has 0 aliphatic heterocycles. The van der Waals surface area contributed by atoms with Gasteiger partial charge in [0.15, 0.2) is 0 Å². The third-order valence-corrected chi connectivity index (χ3v) is 1.16. The topological polar surface area (TPSA) is 98.2 Å². The third kappa shape index (κ3) is 3.69. The highest BCUT2D eigenvalue weighted by atomic mass is 16.2. The van der Waals surface area contributed by atoms with Gasteiger partial charge in [-0.2, -0.15) is 0 Å². The molecule has 0 saturated heterocycles. The number of nitrogens with one attached hydrogen (secondary N) is 1. The Morgan fingerprint density at radius 1 is 1.73 bits per heavy atom. The van der Waals surface area contributed by atoms with E-state index in [0.29, 0.717) is 6.29 Å². The summed E-state index contributed by atoms with van der Waals surface area (Å²) in [5.74, 6) is -0.396. The Morgan fingerprint density at radius 3 is 2.64 bits per heavy atom. The summed E-state index contributed by atoms with van der Waals surface area (Å²) in [6, 6.07) is -1.22. The van der Waals surface area contributed by atoms with Gasteiger partial charge in [0.05, 0.1) is 12.1 Å². The van der Waals surface area contributed by atoms with E-state index in [1.807, 2.05) is 0 Å². The Bertz CT molecular complexity index is 149. The molecule has 0 fully saturated rings. The van der Waals surface area contributed by atoms with Crippen LogP contribution in [0.25, 0.3) is 0 Å². The van der Waals surface area contributed by atoms with Crippen LogP contribution in [0.3, 0.4) is 0 Å². The first-order chi connectivity index (χ1) is 5.11. The fourth-order valence-electron chi connectivity index (χ4n) is 0.472. The molecule has 0 aliphatic carbocycles. The zero-order chi connectivity index (χ0) is 8.85. The summed E-state index contributed by atoms with van der Waals surface area (Å²) in [5.41, 5.74) is 10.4. The minimum absolute atomic E-state index is 0.0808.